The molecule has 0 atom stereocenters. The lowest BCUT2D eigenvalue weighted by Gasteiger charge is -2.24. The van der Waals surface area contributed by atoms with Crippen LogP contribution < -0.4 is 0 Å². The van der Waals surface area contributed by atoms with Crippen molar-refractivity contribution in [2.75, 3.05) is 19.8 Å². The average molecular weight is 366 g/mol. The van der Waals surface area contributed by atoms with Gasteiger partial charge in [0.15, 0.2) is 0 Å². The average Bonchev–Trinajstić information content (AvgIpc) is 2.43. The standard InChI is InChI=1S/C18H39O5P/c1-6-17(2,3)11-7-9-14-22-15-10-8-12-18(4,5)13-16-23-24(19,20)21/h6-16H2,1-5H3,(H2,19,20,21). The van der Waals surface area contributed by atoms with Gasteiger partial charge in [0.1, 0.15) is 0 Å². The van der Waals surface area contributed by atoms with Crippen molar-refractivity contribution in [3.8, 4) is 0 Å². The Hall–Kier alpha value is 0.0700. The Morgan fingerprint density at radius 2 is 1.29 bits per heavy atom. The van der Waals surface area contributed by atoms with Gasteiger partial charge in [-0.3, -0.25) is 4.52 Å². The third-order valence-electron chi connectivity index (χ3n) is 4.78. The summed E-state index contributed by atoms with van der Waals surface area (Å²) in [4.78, 5) is 17.4. The topological polar surface area (TPSA) is 76.0 Å². The SMILES string of the molecule is CCC(C)(C)CCCCOCCCCC(C)(C)CCOP(=O)(O)O. The van der Waals surface area contributed by atoms with Crippen LogP contribution in [-0.2, 0) is 13.8 Å². The molecule has 6 heteroatoms. The third kappa shape index (κ3) is 15.6. The summed E-state index contributed by atoms with van der Waals surface area (Å²) in [6.07, 6.45) is 8.59. The lowest BCUT2D eigenvalue weighted by Crippen LogP contribution is -2.14. The molecule has 0 amide bonds. The van der Waals surface area contributed by atoms with E-state index in [0.717, 1.165) is 38.9 Å². The third-order valence-corrected chi connectivity index (χ3v) is 5.30. The summed E-state index contributed by atoms with van der Waals surface area (Å²) in [6, 6.07) is 0. The smallest absolute Gasteiger partial charge is 0.381 e. The first-order valence-electron chi connectivity index (χ1n) is 9.25. The van der Waals surface area contributed by atoms with Gasteiger partial charge in [-0.1, -0.05) is 53.9 Å². The van der Waals surface area contributed by atoms with Crippen molar-refractivity contribution in [2.24, 2.45) is 10.8 Å². The lowest BCUT2D eigenvalue weighted by molar-refractivity contribution is 0.118. The van der Waals surface area contributed by atoms with Crippen molar-refractivity contribution in [1.82, 2.24) is 0 Å². The first-order valence-corrected chi connectivity index (χ1v) is 10.8. The summed E-state index contributed by atoms with van der Waals surface area (Å²) in [7, 11) is -4.33. The number of hydrogen-bond acceptors (Lipinski definition) is 3. The minimum absolute atomic E-state index is 0.0287. The Morgan fingerprint density at radius 1 is 0.792 bits per heavy atom. The van der Waals surface area contributed by atoms with E-state index in [0.29, 0.717) is 11.8 Å². The number of phosphoric ester groups is 1. The van der Waals surface area contributed by atoms with Gasteiger partial charge in [0.25, 0.3) is 0 Å². The molecule has 0 radical (unpaired) electrons. The zero-order valence-corrected chi connectivity index (χ0v) is 17.2. The van der Waals surface area contributed by atoms with Gasteiger partial charge < -0.3 is 14.5 Å². The van der Waals surface area contributed by atoms with E-state index in [2.05, 4.69) is 39.1 Å². The normalized spacial score (nSPS) is 13.5. The largest absolute Gasteiger partial charge is 0.469 e. The van der Waals surface area contributed by atoms with E-state index in [-0.39, 0.29) is 12.0 Å². The maximum Gasteiger partial charge on any atom is 0.469 e. The van der Waals surface area contributed by atoms with E-state index in [1.54, 1.807) is 0 Å². The van der Waals surface area contributed by atoms with Crippen molar-refractivity contribution >= 4 is 7.82 Å². The molecule has 0 saturated carbocycles. The van der Waals surface area contributed by atoms with E-state index in [4.69, 9.17) is 14.5 Å². The molecular formula is C18H39O5P. The molecule has 0 heterocycles. The Labute approximate surface area is 148 Å². The van der Waals surface area contributed by atoms with E-state index in [1.165, 1.54) is 19.3 Å². The molecule has 0 spiro atoms. The lowest BCUT2D eigenvalue weighted by atomic mass is 9.84. The van der Waals surface area contributed by atoms with Crippen LogP contribution in [0.5, 0.6) is 0 Å². The minimum Gasteiger partial charge on any atom is -0.381 e. The molecule has 0 bridgehead atoms. The molecule has 0 fully saturated rings. The highest BCUT2D eigenvalue weighted by molar-refractivity contribution is 7.46. The molecule has 0 aromatic carbocycles. The highest BCUT2D eigenvalue weighted by Crippen LogP contribution is 2.37. The highest BCUT2D eigenvalue weighted by Gasteiger charge is 2.20. The van der Waals surface area contributed by atoms with Crippen LogP contribution >= 0.6 is 7.82 Å². The van der Waals surface area contributed by atoms with Crippen LogP contribution in [0.2, 0.25) is 0 Å². The summed E-state index contributed by atoms with van der Waals surface area (Å²) in [6.45, 7) is 12.8. The molecule has 146 valence electrons. The Bertz CT molecular complexity index is 362. The van der Waals surface area contributed by atoms with Crippen LogP contribution in [0.3, 0.4) is 0 Å². The molecule has 0 saturated heterocycles. The van der Waals surface area contributed by atoms with Gasteiger partial charge in [-0.25, -0.2) is 4.57 Å². The summed E-state index contributed by atoms with van der Waals surface area (Å²) in [5.74, 6) is 0. The van der Waals surface area contributed by atoms with Crippen LogP contribution in [0.4, 0.5) is 0 Å². The Kier molecular flexibility index (Phi) is 11.7. The molecule has 0 aromatic heterocycles. The van der Waals surface area contributed by atoms with Gasteiger partial charge in [-0.2, -0.15) is 0 Å². The van der Waals surface area contributed by atoms with Gasteiger partial charge in [0, 0.05) is 13.2 Å². The number of phosphoric acid groups is 1. The first kappa shape index (κ1) is 24.1. The predicted molar refractivity (Wildman–Crippen MR) is 99.0 cm³/mol. The fraction of sp³-hybridized carbons (Fsp3) is 1.00. The maximum atomic E-state index is 10.7. The number of ether oxygens (including phenoxy) is 1. The molecule has 0 aromatic rings. The number of hydrogen-bond donors (Lipinski definition) is 2. The predicted octanol–water partition coefficient (Wildman–Crippen LogP) is 5.31. The van der Waals surface area contributed by atoms with E-state index in [1.807, 2.05) is 0 Å². The zero-order valence-electron chi connectivity index (χ0n) is 16.3. The molecule has 5 nitrogen and oxygen atoms in total. The fourth-order valence-electron chi connectivity index (χ4n) is 2.46. The van der Waals surface area contributed by atoms with Crippen molar-refractivity contribution < 1.29 is 23.6 Å². The molecule has 0 aliphatic heterocycles. The second-order valence-electron chi connectivity index (χ2n) is 8.28. The second-order valence-corrected chi connectivity index (χ2v) is 9.52. The molecule has 0 aliphatic rings. The van der Waals surface area contributed by atoms with Gasteiger partial charge in [0.05, 0.1) is 6.61 Å². The van der Waals surface area contributed by atoms with E-state index >= 15 is 0 Å². The van der Waals surface area contributed by atoms with E-state index in [9.17, 15) is 4.57 Å². The van der Waals surface area contributed by atoms with Gasteiger partial charge >= 0.3 is 7.82 Å². The van der Waals surface area contributed by atoms with Crippen molar-refractivity contribution in [2.45, 2.75) is 86.0 Å². The monoisotopic (exact) mass is 366 g/mol. The van der Waals surface area contributed by atoms with Crippen molar-refractivity contribution in [3.05, 3.63) is 0 Å². The quantitative estimate of drug-likeness (QED) is 0.304. The Balaban J connectivity index is 3.53. The van der Waals surface area contributed by atoms with E-state index < -0.39 is 7.82 Å². The van der Waals surface area contributed by atoms with Crippen LogP contribution in [0.1, 0.15) is 86.0 Å². The molecule has 0 rings (SSSR count). The molecule has 2 N–H and O–H groups in total. The maximum absolute atomic E-state index is 10.7. The molecule has 0 aliphatic carbocycles. The van der Waals surface area contributed by atoms with Gasteiger partial charge in [0.2, 0.25) is 0 Å². The fourth-order valence-corrected chi connectivity index (χ4v) is 2.79. The summed E-state index contributed by atoms with van der Waals surface area (Å²) in [5, 5.41) is 0. The minimum atomic E-state index is -4.33. The first-order chi connectivity index (χ1) is 11.0. The van der Waals surface area contributed by atoms with Crippen LogP contribution in [-0.4, -0.2) is 29.6 Å². The van der Waals surface area contributed by atoms with Gasteiger partial charge in [-0.05, 0) is 42.9 Å². The molecule has 24 heavy (non-hydrogen) atoms. The summed E-state index contributed by atoms with van der Waals surface area (Å²) in [5.41, 5.74) is 0.482. The van der Waals surface area contributed by atoms with Crippen molar-refractivity contribution in [1.29, 1.82) is 0 Å². The van der Waals surface area contributed by atoms with Gasteiger partial charge in [-0.15, -0.1) is 0 Å². The van der Waals surface area contributed by atoms with Crippen molar-refractivity contribution in [3.63, 3.8) is 0 Å². The van der Waals surface area contributed by atoms with Crippen LogP contribution in [0.25, 0.3) is 0 Å². The second kappa shape index (κ2) is 11.6. The summed E-state index contributed by atoms with van der Waals surface area (Å²) >= 11 is 0. The zero-order chi connectivity index (χ0) is 18.7. The summed E-state index contributed by atoms with van der Waals surface area (Å²) < 4.78 is 20.9. The number of unbranched alkanes of at least 4 members (excludes halogenated alkanes) is 2. The molecular weight excluding hydrogens is 327 g/mol. The molecule has 0 unspecified atom stereocenters. The number of rotatable bonds is 15. The van der Waals surface area contributed by atoms with Crippen LogP contribution in [0.15, 0.2) is 0 Å². The highest BCUT2D eigenvalue weighted by atomic mass is 31.2. The van der Waals surface area contributed by atoms with Crippen LogP contribution in [0, 0.1) is 10.8 Å². The Morgan fingerprint density at radius 3 is 1.75 bits per heavy atom.